The van der Waals surface area contributed by atoms with Crippen LogP contribution in [0.15, 0.2) is 35.9 Å². The molecule has 0 saturated carbocycles. The lowest BCUT2D eigenvalue weighted by Crippen LogP contribution is -2.02. The van der Waals surface area contributed by atoms with Gasteiger partial charge in [-0.2, -0.15) is 0 Å². The second kappa shape index (κ2) is 2.41. The Labute approximate surface area is 49.8 Å². The Kier molecular flexibility index (Phi) is 1.57. The van der Waals surface area contributed by atoms with E-state index in [1.165, 1.54) is 0 Å². The number of rotatable bonds is 0. The smallest absolute Gasteiger partial charge is 0.203 e. The molecule has 39 valence electrons. The summed E-state index contributed by atoms with van der Waals surface area (Å²) in [5.74, 6) is 1.91. The van der Waals surface area contributed by atoms with Crippen molar-refractivity contribution in [2.45, 2.75) is 0 Å². The molecule has 0 bridgehead atoms. The largest absolute Gasteiger partial charge is 0.410 e. The lowest BCUT2D eigenvalue weighted by molar-refractivity contribution is 1.53. The molecule has 0 aliphatic carbocycles. The summed E-state index contributed by atoms with van der Waals surface area (Å²) in [4.78, 5) is 0. The van der Waals surface area contributed by atoms with Gasteiger partial charge in [-0.1, -0.05) is 24.3 Å². The SMILES string of the molecule is NC1=CC=CC=C[B]1. The van der Waals surface area contributed by atoms with Crippen molar-refractivity contribution in [1.82, 2.24) is 0 Å². The number of nitrogens with two attached hydrogens (primary N) is 1. The third kappa shape index (κ3) is 1.30. The van der Waals surface area contributed by atoms with Gasteiger partial charge >= 0.3 is 0 Å². The summed E-state index contributed by atoms with van der Waals surface area (Å²) in [6.07, 6.45) is 7.65. The van der Waals surface area contributed by atoms with Crippen LogP contribution in [0, 0.1) is 0 Å². The first-order valence-electron chi connectivity index (χ1n) is 2.53. The summed E-state index contributed by atoms with van der Waals surface area (Å²) in [6, 6.07) is 0. The third-order valence-corrected chi connectivity index (χ3v) is 0.911. The molecule has 1 nitrogen and oxygen atoms in total. The summed E-state index contributed by atoms with van der Waals surface area (Å²) in [5.41, 5.74) is 6.24. The fraction of sp³-hybridized carbons (Fsp3) is 0. The predicted octanol–water partition coefficient (Wildman–Crippen LogP) is 0.574. The summed E-state index contributed by atoms with van der Waals surface area (Å²) in [6.45, 7) is 0. The van der Waals surface area contributed by atoms with Crippen LogP contribution in [-0.2, 0) is 0 Å². The second-order valence-corrected chi connectivity index (χ2v) is 1.60. The van der Waals surface area contributed by atoms with E-state index in [0.717, 1.165) is 5.60 Å². The second-order valence-electron chi connectivity index (χ2n) is 1.60. The first kappa shape index (κ1) is 5.23. The van der Waals surface area contributed by atoms with E-state index < -0.39 is 0 Å². The fourth-order valence-corrected chi connectivity index (χ4v) is 0.517. The molecule has 0 aromatic carbocycles. The van der Waals surface area contributed by atoms with Gasteiger partial charge in [-0.15, -0.1) is 5.98 Å². The monoisotopic (exact) mass is 104 g/mol. The third-order valence-electron chi connectivity index (χ3n) is 0.911. The Bertz CT molecular complexity index is 156. The zero-order chi connectivity index (χ0) is 5.82. The standard InChI is InChI=1S/C6H7BN/c8-6-4-2-1-3-5-7-6/h1-5H,8H2. The van der Waals surface area contributed by atoms with Crippen LogP contribution >= 0.6 is 0 Å². The van der Waals surface area contributed by atoms with Crippen LogP contribution in [-0.4, -0.2) is 7.28 Å². The highest BCUT2D eigenvalue weighted by Gasteiger charge is 1.86. The molecule has 1 heterocycles. The van der Waals surface area contributed by atoms with Crippen LogP contribution in [0.1, 0.15) is 0 Å². The van der Waals surface area contributed by atoms with Gasteiger partial charge in [-0.05, 0) is 5.60 Å². The highest BCUT2D eigenvalue weighted by molar-refractivity contribution is 6.50. The summed E-state index contributed by atoms with van der Waals surface area (Å²) in [5, 5.41) is 0. The highest BCUT2D eigenvalue weighted by atomic mass is 14.5. The van der Waals surface area contributed by atoms with E-state index in [1.54, 1.807) is 0 Å². The molecule has 0 amide bonds. The van der Waals surface area contributed by atoms with Crippen LogP contribution < -0.4 is 5.73 Å². The van der Waals surface area contributed by atoms with E-state index >= 15 is 0 Å². The Morgan fingerprint density at radius 2 is 2.12 bits per heavy atom. The van der Waals surface area contributed by atoms with E-state index in [0.29, 0.717) is 0 Å². The van der Waals surface area contributed by atoms with Gasteiger partial charge in [0, 0.05) is 0 Å². The lowest BCUT2D eigenvalue weighted by atomic mass is 9.75. The van der Waals surface area contributed by atoms with Gasteiger partial charge in [0.15, 0.2) is 0 Å². The average molecular weight is 104 g/mol. The van der Waals surface area contributed by atoms with Crippen LogP contribution in [0.4, 0.5) is 0 Å². The minimum atomic E-state index is 0.801. The molecular weight excluding hydrogens is 96.9 g/mol. The minimum Gasteiger partial charge on any atom is -0.410 e. The summed E-state index contributed by atoms with van der Waals surface area (Å²) >= 11 is 0. The summed E-state index contributed by atoms with van der Waals surface area (Å²) < 4.78 is 0. The van der Waals surface area contributed by atoms with E-state index in [9.17, 15) is 0 Å². The van der Waals surface area contributed by atoms with E-state index in [2.05, 4.69) is 0 Å². The maximum absolute atomic E-state index is 5.44. The number of hydrogen-bond acceptors (Lipinski definition) is 1. The van der Waals surface area contributed by atoms with Crippen molar-refractivity contribution in [3.8, 4) is 0 Å². The zero-order valence-electron chi connectivity index (χ0n) is 4.54. The van der Waals surface area contributed by atoms with Gasteiger partial charge < -0.3 is 5.73 Å². The van der Waals surface area contributed by atoms with Crippen molar-refractivity contribution >= 4 is 7.28 Å². The molecule has 0 fully saturated rings. The maximum atomic E-state index is 5.44. The molecule has 0 aromatic rings. The quantitative estimate of drug-likeness (QED) is 0.446. The molecule has 1 aliphatic rings. The van der Waals surface area contributed by atoms with E-state index in [-0.39, 0.29) is 0 Å². The first-order valence-corrected chi connectivity index (χ1v) is 2.53. The topological polar surface area (TPSA) is 26.0 Å². The van der Waals surface area contributed by atoms with Crippen molar-refractivity contribution in [3.05, 3.63) is 35.9 Å². The lowest BCUT2D eigenvalue weighted by Gasteiger charge is -1.85. The molecule has 0 spiro atoms. The van der Waals surface area contributed by atoms with Crippen LogP contribution in [0.25, 0.3) is 0 Å². The minimum absolute atomic E-state index is 0.801. The van der Waals surface area contributed by atoms with Gasteiger partial charge in [0.05, 0.1) is 0 Å². The fourth-order valence-electron chi connectivity index (χ4n) is 0.517. The van der Waals surface area contributed by atoms with Crippen molar-refractivity contribution in [1.29, 1.82) is 0 Å². The van der Waals surface area contributed by atoms with Gasteiger partial charge in [0.25, 0.3) is 0 Å². The van der Waals surface area contributed by atoms with E-state index in [4.69, 9.17) is 5.73 Å². The molecule has 2 N–H and O–H groups in total. The molecule has 1 rings (SSSR count). The van der Waals surface area contributed by atoms with Crippen LogP contribution in [0.2, 0.25) is 0 Å². The molecule has 2 heteroatoms. The number of allylic oxidation sites excluding steroid dienone is 4. The average Bonchev–Trinajstić information content (AvgIpc) is 1.94. The van der Waals surface area contributed by atoms with Gasteiger partial charge in [0.2, 0.25) is 7.28 Å². The maximum Gasteiger partial charge on any atom is 0.203 e. The molecule has 0 unspecified atom stereocenters. The van der Waals surface area contributed by atoms with Gasteiger partial charge in [-0.25, -0.2) is 0 Å². The molecule has 1 aliphatic heterocycles. The Balaban J connectivity index is 2.69. The molecular formula is C6H7BN. The molecule has 0 atom stereocenters. The van der Waals surface area contributed by atoms with Crippen molar-refractivity contribution in [2.75, 3.05) is 0 Å². The van der Waals surface area contributed by atoms with Crippen molar-refractivity contribution in [2.24, 2.45) is 5.73 Å². The Hall–Kier alpha value is -0.915. The van der Waals surface area contributed by atoms with Crippen LogP contribution in [0.5, 0.6) is 0 Å². The first-order chi connectivity index (χ1) is 3.89. The van der Waals surface area contributed by atoms with Crippen LogP contribution in [0.3, 0.4) is 0 Å². The molecule has 0 saturated heterocycles. The van der Waals surface area contributed by atoms with Crippen molar-refractivity contribution < 1.29 is 0 Å². The highest BCUT2D eigenvalue weighted by Crippen LogP contribution is 1.89. The molecule has 1 radical (unpaired) electrons. The molecule has 8 heavy (non-hydrogen) atoms. The predicted molar refractivity (Wildman–Crippen MR) is 36.3 cm³/mol. The Morgan fingerprint density at radius 3 is 3.00 bits per heavy atom. The normalized spacial score (nSPS) is 16.8. The molecule has 0 aromatic heterocycles. The van der Waals surface area contributed by atoms with Gasteiger partial charge in [0.1, 0.15) is 0 Å². The van der Waals surface area contributed by atoms with Gasteiger partial charge in [-0.3, -0.25) is 0 Å². The number of hydrogen-bond donors (Lipinski definition) is 1. The summed E-state index contributed by atoms with van der Waals surface area (Å²) in [7, 11) is 1.86. The van der Waals surface area contributed by atoms with Crippen molar-refractivity contribution in [3.63, 3.8) is 0 Å². The Morgan fingerprint density at radius 1 is 1.25 bits per heavy atom. The van der Waals surface area contributed by atoms with E-state index in [1.807, 2.05) is 37.6 Å². The zero-order valence-corrected chi connectivity index (χ0v) is 4.54.